The molecule has 3 nitrogen and oxygen atoms in total. The van der Waals surface area contributed by atoms with E-state index in [-0.39, 0.29) is 5.82 Å². The Bertz CT molecular complexity index is 833. The molecule has 0 atom stereocenters. The van der Waals surface area contributed by atoms with Gasteiger partial charge in [-0.3, -0.25) is 4.98 Å². The summed E-state index contributed by atoms with van der Waals surface area (Å²) in [5.74, 6) is -0.0273. The molecular formula is C16H13BrFN3. The van der Waals surface area contributed by atoms with Crippen LogP contribution in [0.4, 0.5) is 10.2 Å². The minimum Gasteiger partial charge on any atom is -0.383 e. The second-order valence-corrected chi connectivity index (χ2v) is 5.65. The molecule has 21 heavy (non-hydrogen) atoms. The molecule has 0 saturated heterocycles. The topological polar surface area (TPSA) is 51.8 Å². The van der Waals surface area contributed by atoms with Crippen LogP contribution in [0.15, 0.2) is 41.0 Å². The lowest BCUT2D eigenvalue weighted by Crippen LogP contribution is -2.00. The van der Waals surface area contributed by atoms with Gasteiger partial charge >= 0.3 is 0 Å². The third-order valence-electron chi connectivity index (χ3n) is 3.38. The average molecular weight is 346 g/mol. The van der Waals surface area contributed by atoms with Gasteiger partial charge in [-0.15, -0.1) is 0 Å². The molecule has 0 fully saturated rings. The van der Waals surface area contributed by atoms with Gasteiger partial charge < -0.3 is 5.73 Å². The van der Waals surface area contributed by atoms with Crippen LogP contribution in [0.5, 0.6) is 0 Å². The number of hydrogen-bond donors (Lipinski definition) is 1. The number of fused-ring (bicyclic) bond motifs is 1. The third-order valence-corrected chi connectivity index (χ3v) is 3.82. The molecule has 1 aromatic carbocycles. The van der Waals surface area contributed by atoms with Crippen LogP contribution in [0.2, 0.25) is 0 Å². The van der Waals surface area contributed by atoms with Gasteiger partial charge in [0.25, 0.3) is 0 Å². The van der Waals surface area contributed by atoms with E-state index in [2.05, 4.69) is 25.9 Å². The van der Waals surface area contributed by atoms with Gasteiger partial charge in [0.05, 0.1) is 5.52 Å². The molecule has 0 bridgehead atoms. The summed E-state index contributed by atoms with van der Waals surface area (Å²) >= 11 is 3.37. The van der Waals surface area contributed by atoms with E-state index in [1.54, 1.807) is 12.3 Å². The maximum Gasteiger partial charge on any atom is 0.133 e. The number of benzene rings is 1. The van der Waals surface area contributed by atoms with Crippen molar-refractivity contribution in [1.29, 1.82) is 0 Å². The van der Waals surface area contributed by atoms with Crippen LogP contribution in [-0.2, 0) is 6.42 Å². The Kier molecular flexibility index (Phi) is 3.59. The Hall–Kier alpha value is -2.01. The van der Waals surface area contributed by atoms with Gasteiger partial charge in [-0.05, 0) is 52.7 Å². The summed E-state index contributed by atoms with van der Waals surface area (Å²) in [5.41, 5.74) is 8.44. The highest BCUT2D eigenvalue weighted by molar-refractivity contribution is 9.10. The Labute approximate surface area is 130 Å². The number of halogens is 2. The first-order valence-corrected chi connectivity index (χ1v) is 7.39. The van der Waals surface area contributed by atoms with Crippen molar-refractivity contribution < 1.29 is 4.39 Å². The first kappa shape index (κ1) is 13.9. The lowest BCUT2D eigenvalue weighted by atomic mass is 10.0. The molecule has 0 aliphatic rings. The maximum atomic E-state index is 14.3. The summed E-state index contributed by atoms with van der Waals surface area (Å²) in [4.78, 5) is 8.64. The van der Waals surface area contributed by atoms with Gasteiger partial charge in [0.1, 0.15) is 11.6 Å². The molecule has 0 amide bonds. The van der Waals surface area contributed by atoms with E-state index >= 15 is 0 Å². The summed E-state index contributed by atoms with van der Waals surface area (Å²) in [7, 11) is 0. The molecule has 3 aromatic rings. The average Bonchev–Trinajstić information content (AvgIpc) is 2.48. The second-order valence-electron chi connectivity index (χ2n) is 4.74. The van der Waals surface area contributed by atoms with Crippen LogP contribution in [0.1, 0.15) is 12.6 Å². The van der Waals surface area contributed by atoms with Crippen molar-refractivity contribution in [1.82, 2.24) is 9.97 Å². The van der Waals surface area contributed by atoms with E-state index in [0.29, 0.717) is 22.5 Å². The number of anilines is 1. The van der Waals surface area contributed by atoms with Gasteiger partial charge in [-0.2, -0.15) is 0 Å². The monoisotopic (exact) mass is 345 g/mol. The summed E-state index contributed by atoms with van der Waals surface area (Å²) in [5, 5.41) is 0.847. The first-order valence-electron chi connectivity index (χ1n) is 6.59. The van der Waals surface area contributed by atoms with E-state index in [4.69, 9.17) is 5.73 Å². The molecule has 0 radical (unpaired) electrons. The largest absolute Gasteiger partial charge is 0.383 e. The van der Waals surface area contributed by atoms with Crippen LogP contribution in [0, 0.1) is 5.82 Å². The molecule has 0 spiro atoms. The summed E-state index contributed by atoms with van der Waals surface area (Å²) < 4.78 is 15.2. The number of pyridine rings is 2. The zero-order valence-electron chi connectivity index (χ0n) is 11.4. The molecule has 3 rings (SSSR count). The van der Waals surface area contributed by atoms with Crippen molar-refractivity contribution in [2.24, 2.45) is 0 Å². The number of aromatic nitrogens is 2. The van der Waals surface area contributed by atoms with Crippen molar-refractivity contribution in [2.75, 3.05) is 5.73 Å². The van der Waals surface area contributed by atoms with Gasteiger partial charge in [-0.25, -0.2) is 9.37 Å². The molecule has 0 aliphatic carbocycles. The summed E-state index contributed by atoms with van der Waals surface area (Å²) in [6, 6.07) is 8.70. The predicted molar refractivity (Wildman–Crippen MR) is 86.4 cm³/mol. The molecule has 0 unspecified atom stereocenters. The Morgan fingerprint density at radius 2 is 2.05 bits per heavy atom. The summed E-state index contributed by atoms with van der Waals surface area (Å²) in [6.07, 6.45) is 2.43. The minimum atomic E-state index is -0.352. The van der Waals surface area contributed by atoms with Crippen LogP contribution in [-0.4, -0.2) is 9.97 Å². The molecule has 2 N–H and O–H groups in total. The van der Waals surface area contributed by atoms with Crippen molar-refractivity contribution in [3.05, 3.63) is 52.5 Å². The van der Waals surface area contributed by atoms with Gasteiger partial charge in [0.15, 0.2) is 0 Å². The maximum absolute atomic E-state index is 14.3. The van der Waals surface area contributed by atoms with E-state index in [0.717, 1.165) is 22.0 Å². The molecule has 2 heterocycles. The van der Waals surface area contributed by atoms with Crippen molar-refractivity contribution >= 4 is 32.7 Å². The number of rotatable bonds is 2. The SMILES string of the molecule is CCc1ccc(-c2c(F)ccc3cc(Br)cnc23)c(N)n1. The van der Waals surface area contributed by atoms with Crippen LogP contribution in [0.25, 0.3) is 22.0 Å². The Balaban J connectivity index is 2.31. The van der Waals surface area contributed by atoms with E-state index in [1.807, 2.05) is 25.1 Å². The van der Waals surface area contributed by atoms with E-state index in [9.17, 15) is 4.39 Å². The molecule has 5 heteroatoms. The fraction of sp³-hybridized carbons (Fsp3) is 0.125. The van der Waals surface area contributed by atoms with Crippen LogP contribution >= 0.6 is 15.9 Å². The molecule has 2 aromatic heterocycles. The highest BCUT2D eigenvalue weighted by Gasteiger charge is 2.15. The quantitative estimate of drug-likeness (QED) is 0.751. The van der Waals surface area contributed by atoms with Gasteiger partial charge in [-0.1, -0.05) is 6.92 Å². The molecule has 106 valence electrons. The fourth-order valence-corrected chi connectivity index (χ4v) is 2.68. The Morgan fingerprint density at radius 3 is 2.76 bits per heavy atom. The predicted octanol–water partition coefficient (Wildman–Crippen LogP) is 4.34. The Morgan fingerprint density at radius 1 is 1.24 bits per heavy atom. The number of hydrogen-bond acceptors (Lipinski definition) is 3. The normalized spacial score (nSPS) is 11.0. The zero-order chi connectivity index (χ0) is 15.0. The van der Waals surface area contributed by atoms with E-state index < -0.39 is 0 Å². The van der Waals surface area contributed by atoms with Crippen molar-refractivity contribution in [3.8, 4) is 11.1 Å². The summed E-state index contributed by atoms with van der Waals surface area (Å²) in [6.45, 7) is 2.00. The molecule has 0 saturated carbocycles. The smallest absolute Gasteiger partial charge is 0.133 e. The number of nitrogens with two attached hydrogens (primary N) is 1. The standard InChI is InChI=1S/C16H13BrFN3/c1-2-11-4-5-12(16(19)21-11)14-13(18)6-3-9-7-10(17)8-20-15(9)14/h3-8H,2H2,1H3,(H2,19,21). The first-order chi connectivity index (χ1) is 10.1. The molecular weight excluding hydrogens is 333 g/mol. The lowest BCUT2D eigenvalue weighted by Gasteiger charge is -2.11. The van der Waals surface area contributed by atoms with Gasteiger partial charge in [0.2, 0.25) is 0 Å². The number of nitrogens with zero attached hydrogens (tertiary/aromatic N) is 2. The number of aryl methyl sites for hydroxylation is 1. The van der Waals surface area contributed by atoms with E-state index in [1.165, 1.54) is 6.07 Å². The zero-order valence-corrected chi connectivity index (χ0v) is 13.0. The highest BCUT2D eigenvalue weighted by Crippen LogP contribution is 2.33. The van der Waals surface area contributed by atoms with Crippen molar-refractivity contribution in [2.45, 2.75) is 13.3 Å². The minimum absolute atomic E-state index is 0.325. The third kappa shape index (κ3) is 2.49. The van der Waals surface area contributed by atoms with Crippen molar-refractivity contribution in [3.63, 3.8) is 0 Å². The van der Waals surface area contributed by atoms with Gasteiger partial charge in [0, 0.05) is 32.9 Å². The van der Waals surface area contributed by atoms with Crippen LogP contribution < -0.4 is 5.73 Å². The second kappa shape index (κ2) is 5.41. The lowest BCUT2D eigenvalue weighted by molar-refractivity contribution is 0.632. The molecule has 0 aliphatic heterocycles. The van der Waals surface area contributed by atoms with Crippen LogP contribution in [0.3, 0.4) is 0 Å². The number of nitrogen functional groups attached to an aromatic ring is 1. The fourth-order valence-electron chi connectivity index (χ4n) is 2.33. The highest BCUT2D eigenvalue weighted by atomic mass is 79.9.